The molecule has 2 aliphatic heterocycles. The number of rotatable bonds is 5. The van der Waals surface area contributed by atoms with Gasteiger partial charge in [-0.2, -0.15) is 0 Å². The molecule has 3 aliphatic rings. The Kier molecular flexibility index (Phi) is 7.67. The zero-order valence-electron chi connectivity index (χ0n) is 21.6. The summed E-state index contributed by atoms with van der Waals surface area (Å²) in [6.45, 7) is -0.278. The van der Waals surface area contributed by atoms with Gasteiger partial charge in [0.15, 0.2) is 18.0 Å². The van der Waals surface area contributed by atoms with Crippen LogP contribution < -0.4 is 4.74 Å². The van der Waals surface area contributed by atoms with Crippen molar-refractivity contribution in [1.29, 1.82) is 0 Å². The lowest BCUT2D eigenvalue weighted by Crippen LogP contribution is -2.77. The van der Waals surface area contributed by atoms with Gasteiger partial charge < -0.3 is 60.2 Å². The molecular weight excluding hydrogens is 548 g/mol. The Hall–Kier alpha value is -3.02. The summed E-state index contributed by atoms with van der Waals surface area (Å²) in [6.07, 6.45) is -17.5. The van der Waals surface area contributed by atoms with E-state index in [-0.39, 0.29) is 22.3 Å². The van der Waals surface area contributed by atoms with E-state index in [1.165, 1.54) is 30.3 Å². The number of benzene rings is 2. The highest BCUT2D eigenvalue weighted by atomic mass is 16.7. The first kappa shape index (κ1) is 29.5. The molecule has 0 saturated carbocycles. The van der Waals surface area contributed by atoms with Crippen molar-refractivity contribution in [2.75, 3.05) is 13.2 Å². The van der Waals surface area contributed by atoms with Crippen LogP contribution in [-0.2, 0) is 9.47 Å². The van der Waals surface area contributed by atoms with Gasteiger partial charge in [-0.15, -0.1) is 0 Å². The second-order valence-electron chi connectivity index (χ2n) is 10.4. The molecule has 2 heterocycles. The molecular formula is C27H30O14. The third-order valence-electron chi connectivity index (χ3n) is 7.77. The lowest BCUT2D eigenvalue weighted by Gasteiger charge is -2.54. The first-order valence-corrected chi connectivity index (χ1v) is 12.8. The molecule has 0 amide bonds. The molecule has 9 N–H and O–H groups in total. The van der Waals surface area contributed by atoms with Gasteiger partial charge in [0.25, 0.3) is 5.79 Å². The highest BCUT2D eigenvalue weighted by Gasteiger charge is 2.65. The fraction of sp³-hybridized carbons (Fsp3) is 0.481. The summed E-state index contributed by atoms with van der Waals surface area (Å²) in [6, 6.07) is 6.61. The Morgan fingerprint density at radius 1 is 0.805 bits per heavy atom. The maximum absolute atomic E-state index is 13.7. The number of fused-ring (bicyclic) bond motifs is 2. The Morgan fingerprint density at radius 3 is 2.12 bits per heavy atom. The largest absolute Gasteiger partial charge is 0.507 e. The first-order chi connectivity index (χ1) is 19.4. The predicted octanol–water partition coefficient (Wildman–Crippen LogP) is -3.13. The lowest BCUT2D eigenvalue weighted by molar-refractivity contribution is -0.396. The minimum absolute atomic E-state index is 0.0736. The first-order valence-electron chi connectivity index (χ1n) is 12.8. The van der Waals surface area contributed by atoms with Crippen LogP contribution in [0.1, 0.15) is 37.4 Å². The van der Waals surface area contributed by atoms with Crippen molar-refractivity contribution in [2.45, 2.75) is 67.6 Å². The van der Waals surface area contributed by atoms with Gasteiger partial charge in [0.1, 0.15) is 54.2 Å². The maximum atomic E-state index is 13.7. The average Bonchev–Trinajstić information content (AvgIpc) is 2.94. The monoisotopic (exact) mass is 578 g/mol. The highest BCUT2D eigenvalue weighted by Crippen LogP contribution is 2.44. The number of aliphatic hydroxyl groups is 8. The minimum atomic E-state index is -2.83. The van der Waals surface area contributed by atoms with Gasteiger partial charge in [-0.05, 0) is 30.7 Å². The van der Waals surface area contributed by atoms with Crippen molar-refractivity contribution in [3.8, 4) is 11.5 Å². The molecule has 0 bridgehead atoms. The summed E-state index contributed by atoms with van der Waals surface area (Å²) >= 11 is 0. The molecule has 5 rings (SSSR count). The van der Waals surface area contributed by atoms with E-state index in [0.717, 1.165) is 0 Å². The van der Waals surface area contributed by atoms with Crippen LogP contribution in [0.15, 0.2) is 30.3 Å². The number of hydrogen-bond donors (Lipinski definition) is 9. The van der Waals surface area contributed by atoms with Crippen molar-refractivity contribution in [1.82, 2.24) is 0 Å². The van der Waals surface area contributed by atoms with E-state index in [1.807, 2.05) is 0 Å². The van der Waals surface area contributed by atoms with E-state index < -0.39 is 97.0 Å². The molecule has 2 aromatic carbocycles. The normalized spacial score (nSPS) is 37.0. The van der Waals surface area contributed by atoms with Crippen molar-refractivity contribution >= 4 is 11.6 Å². The number of aryl methyl sites for hydroxylation is 1. The van der Waals surface area contributed by atoms with Gasteiger partial charge in [0.2, 0.25) is 5.78 Å². The van der Waals surface area contributed by atoms with Crippen LogP contribution in [0.2, 0.25) is 0 Å². The number of carbonyl (C=O) groups excluding carboxylic acids is 2. The van der Waals surface area contributed by atoms with Crippen molar-refractivity contribution in [3.05, 3.63) is 58.1 Å². The zero-order chi connectivity index (χ0) is 30.0. The topological polar surface area (TPSA) is 244 Å². The minimum Gasteiger partial charge on any atom is -0.507 e. The van der Waals surface area contributed by atoms with Gasteiger partial charge in [-0.25, -0.2) is 0 Å². The molecule has 2 aromatic rings. The molecule has 2 fully saturated rings. The standard InChI is InChI=1S/C27H30O14/c1-9-5-11-17(21(34)16-10(18(11)31)3-2-4-12(16)30)13(6-9)40-27(25(38)23(36)20(33)15(8-29)41-27)26-24(37)22(35)19(32)14(7-28)39-26/h2-6,14-15,19-20,22-26,28-30,32-33,35-38H,7-8H2,1H3/t14-,15-,19-,20-,22+,23+,24-,25-,26?,27?/m1/s1/i37+0. The number of ether oxygens (including phenoxy) is 3. The van der Waals surface area contributed by atoms with Crippen LogP contribution in [0.3, 0.4) is 0 Å². The summed E-state index contributed by atoms with van der Waals surface area (Å²) in [4.78, 5) is 27.1. The molecule has 14 nitrogen and oxygen atoms in total. The molecule has 0 aromatic heterocycles. The van der Waals surface area contributed by atoms with Gasteiger partial charge in [-0.1, -0.05) is 12.1 Å². The van der Waals surface area contributed by atoms with Crippen LogP contribution in [0, 0.1) is 6.92 Å². The quantitative estimate of drug-likeness (QED) is 0.145. The summed E-state index contributed by atoms with van der Waals surface area (Å²) in [5.41, 5.74) is -0.547. The number of phenols is 1. The molecule has 10 atom stereocenters. The van der Waals surface area contributed by atoms with Crippen LogP contribution in [0.25, 0.3) is 0 Å². The zero-order valence-corrected chi connectivity index (χ0v) is 21.6. The summed E-state index contributed by atoms with van der Waals surface area (Å²) in [5, 5.41) is 94.2. The van der Waals surface area contributed by atoms with Crippen LogP contribution >= 0.6 is 0 Å². The molecule has 1 aliphatic carbocycles. The summed E-state index contributed by atoms with van der Waals surface area (Å²) in [5.74, 6) is -5.26. The second kappa shape index (κ2) is 10.7. The SMILES string of the molecule is Cc1cc(OC2(C3O[C@H](CO)[C@@H](O)[C@H](O)[C@H]3[16OH])O[C@H](CO)[C@@H](O)[C@H](O)[C@H]2O)c2c(c1)C(=O)c1cccc(O)c1C2=O. The molecule has 0 spiro atoms. The number of ketones is 2. The molecule has 2 unspecified atom stereocenters. The van der Waals surface area contributed by atoms with Crippen LogP contribution in [-0.4, -0.2) is 131 Å². The van der Waals surface area contributed by atoms with E-state index in [4.69, 9.17) is 14.2 Å². The fourth-order valence-corrected chi connectivity index (χ4v) is 5.63. The summed E-state index contributed by atoms with van der Waals surface area (Å²) < 4.78 is 17.4. The number of phenolic OH excluding ortho intramolecular Hbond substituents is 1. The fourth-order valence-electron chi connectivity index (χ4n) is 5.63. The van der Waals surface area contributed by atoms with Crippen molar-refractivity contribution in [3.63, 3.8) is 0 Å². The van der Waals surface area contributed by atoms with Crippen LogP contribution in [0.4, 0.5) is 0 Å². The lowest BCUT2D eigenvalue weighted by atomic mass is 9.81. The second-order valence-corrected chi connectivity index (χ2v) is 10.4. The third-order valence-corrected chi connectivity index (χ3v) is 7.77. The van der Waals surface area contributed by atoms with Gasteiger partial charge in [0.05, 0.1) is 24.3 Å². The Bertz CT molecular complexity index is 1360. The van der Waals surface area contributed by atoms with E-state index in [9.17, 15) is 55.5 Å². The van der Waals surface area contributed by atoms with Gasteiger partial charge in [-0.3, -0.25) is 9.59 Å². The van der Waals surface area contributed by atoms with Gasteiger partial charge >= 0.3 is 0 Å². The third kappa shape index (κ3) is 4.44. The molecule has 222 valence electrons. The highest BCUT2D eigenvalue weighted by molar-refractivity contribution is 6.30. The average molecular weight is 579 g/mol. The molecule has 2 saturated heterocycles. The number of hydrogen-bond acceptors (Lipinski definition) is 14. The number of aliphatic hydroxyl groups excluding tert-OH is 8. The maximum Gasteiger partial charge on any atom is 0.268 e. The van der Waals surface area contributed by atoms with Crippen molar-refractivity contribution in [2.24, 2.45) is 0 Å². The number of carbonyl (C=O) groups is 2. The van der Waals surface area contributed by atoms with E-state index >= 15 is 0 Å². The van der Waals surface area contributed by atoms with Crippen molar-refractivity contribution < 1.29 is 69.8 Å². The predicted molar refractivity (Wildman–Crippen MR) is 133 cm³/mol. The molecule has 41 heavy (non-hydrogen) atoms. The summed E-state index contributed by atoms with van der Waals surface area (Å²) in [7, 11) is 0. The molecule has 14 heteroatoms. The molecule has 0 radical (unpaired) electrons. The van der Waals surface area contributed by atoms with Crippen LogP contribution in [0.5, 0.6) is 11.5 Å². The Morgan fingerprint density at radius 2 is 1.46 bits per heavy atom. The smallest absolute Gasteiger partial charge is 0.268 e. The van der Waals surface area contributed by atoms with E-state index in [2.05, 4.69) is 0 Å². The van der Waals surface area contributed by atoms with Gasteiger partial charge in [0, 0.05) is 11.1 Å². The van der Waals surface area contributed by atoms with E-state index in [1.54, 1.807) is 6.92 Å². The Labute approximate surface area is 232 Å². The Balaban J connectivity index is 1.71. The number of aromatic hydroxyl groups is 1. The van der Waals surface area contributed by atoms with E-state index in [0.29, 0.717) is 5.56 Å².